The van der Waals surface area contributed by atoms with Crippen LogP contribution in [0.3, 0.4) is 0 Å². The number of nitrogens with one attached hydrogen (secondary N) is 1. The highest BCUT2D eigenvalue weighted by molar-refractivity contribution is 7.92. The monoisotopic (exact) mass is 307 g/mol. The molecule has 1 heterocycles. The van der Waals surface area contributed by atoms with Crippen molar-refractivity contribution in [3.8, 4) is 5.75 Å². The fourth-order valence-electron chi connectivity index (χ4n) is 1.71. The standard InChI is InChI=1S/C14H17N3O3S/c1-11-9-13(5-6-16-11)17-21(18,19)8-7-20-14-4-2-3-12(15)10-14/h2-6,9-10H,7-8,15H2,1H3,(H,16,17). The third-order valence-corrected chi connectivity index (χ3v) is 3.90. The summed E-state index contributed by atoms with van der Waals surface area (Å²) < 4.78 is 31.7. The summed E-state index contributed by atoms with van der Waals surface area (Å²) in [6, 6.07) is 10.1. The van der Waals surface area contributed by atoms with Crippen LogP contribution in [-0.4, -0.2) is 25.8 Å². The largest absolute Gasteiger partial charge is 0.492 e. The number of nitrogens with zero attached hydrogens (tertiary/aromatic N) is 1. The van der Waals surface area contributed by atoms with Gasteiger partial charge in [-0.05, 0) is 31.2 Å². The van der Waals surface area contributed by atoms with Crippen molar-refractivity contribution >= 4 is 21.4 Å². The molecule has 0 saturated heterocycles. The molecule has 0 aliphatic carbocycles. The van der Waals surface area contributed by atoms with Gasteiger partial charge in [0, 0.05) is 23.6 Å². The molecule has 0 radical (unpaired) electrons. The lowest BCUT2D eigenvalue weighted by Crippen LogP contribution is -2.21. The molecule has 0 unspecified atom stereocenters. The summed E-state index contributed by atoms with van der Waals surface area (Å²) in [7, 11) is -3.47. The van der Waals surface area contributed by atoms with Crippen molar-refractivity contribution in [1.82, 2.24) is 4.98 Å². The number of nitrogen functional groups attached to an aromatic ring is 1. The molecule has 0 aliphatic heterocycles. The number of nitrogens with two attached hydrogens (primary N) is 1. The van der Waals surface area contributed by atoms with Gasteiger partial charge in [-0.1, -0.05) is 6.07 Å². The number of hydrogen-bond acceptors (Lipinski definition) is 5. The Labute approximate surface area is 124 Å². The minimum Gasteiger partial charge on any atom is -0.492 e. The van der Waals surface area contributed by atoms with Gasteiger partial charge < -0.3 is 10.5 Å². The van der Waals surface area contributed by atoms with Gasteiger partial charge in [-0.15, -0.1) is 0 Å². The van der Waals surface area contributed by atoms with Crippen LogP contribution in [0.4, 0.5) is 11.4 Å². The molecule has 0 saturated carbocycles. The van der Waals surface area contributed by atoms with Gasteiger partial charge in [-0.25, -0.2) is 8.42 Å². The zero-order valence-electron chi connectivity index (χ0n) is 11.6. The van der Waals surface area contributed by atoms with Crippen LogP contribution in [0.1, 0.15) is 5.69 Å². The topological polar surface area (TPSA) is 94.3 Å². The first-order chi connectivity index (χ1) is 9.94. The first-order valence-corrected chi connectivity index (χ1v) is 8.01. The lowest BCUT2D eigenvalue weighted by molar-refractivity contribution is 0.341. The molecule has 1 aromatic carbocycles. The fraction of sp³-hybridized carbons (Fsp3) is 0.214. The number of aryl methyl sites for hydroxylation is 1. The molecule has 3 N–H and O–H groups in total. The Morgan fingerprint density at radius 2 is 2.10 bits per heavy atom. The van der Waals surface area contributed by atoms with Crippen molar-refractivity contribution in [3.05, 3.63) is 48.3 Å². The van der Waals surface area contributed by atoms with Crippen molar-refractivity contribution in [1.29, 1.82) is 0 Å². The maximum absolute atomic E-state index is 11.9. The van der Waals surface area contributed by atoms with E-state index in [9.17, 15) is 8.42 Å². The molecule has 0 bridgehead atoms. The summed E-state index contributed by atoms with van der Waals surface area (Å²) in [6.07, 6.45) is 1.55. The number of sulfonamides is 1. The van der Waals surface area contributed by atoms with E-state index in [1.54, 1.807) is 49.5 Å². The summed E-state index contributed by atoms with van der Waals surface area (Å²) in [5.74, 6) is 0.397. The molecule has 2 rings (SSSR count). The molecule has 112 valence electrons. The van der Waals surface area contributed by atoms with Gasteiger partial charge in [0.25, 0.3) is 0 Å². The molecule has 21 heavy (non-hydrogen) atoms. The summed E-state index contributed by atoms with van der Waals surface area (Å²) in [4.78, 5) is 4.01. The fourth-order valence-corrected chi connectivity index (χ4v) is 2.60. The predicted molar refractivity (Wildman–Crippen MR) is 82.7 cm³/mol. The van der Waals surface area contributed by atoms with Crippen LogP contribution in [0, 0.1) is 6.92 Å². The minimum absolute atomic E-state index is 0.0445. The van der Waals surface area contributed by atoms with Crippen LogP contribution < -0.4 is 15.2 Å². The number of ether oxygens (including phenoxy) is 1. The van der Waals surface area contributed by atoms with Crippen LogP contribution >= 0.6 is 0 Å². The Morgan fingerprint density at radius 1 is 1.29 bits per heavy atom. The van der Waals surface area contributed by atoms with Crippen LogP contribution in [0.25, 0.3) is 0 Å². The van der Waals surface area contributed by atoms with E-state index in [0.717, 1.165) is 5.69 Å². The molecule has 0 spiro atoms. The predicted octanol–water partition coefficient (Wildman–Crippen LogP) is 1.79. The lowest BCUT2D eigenvalue weighted by Gasteiger charge is -2.10. The molecule has 1 aromatic heterocycles. The number of aromatic nitrogens is 1. The Kier molecular flexibility index (Phi) is 4.64. The van der Waals surface area contributed by atoms with E-state index < -0.39 is 10.0 Å². The maximum atomic E-state index is 11.9. The van der Waals surface area contributed by atoms with E-state index in [2.05, 4.69) is 9.71 Å². The van der Waals surface area contributed by atoms with E-state index in [4.69, 9.17) is 10.5 Å². The molecule has 0 atom stereocenters. The molecular weight excluding hydrogens is 290 g/mol. The second-order valence-electron chi connectivity index (χ2n) is 4.53. The number of hydrogen-bond donors (Lipinski definition) is 2. The summed E-state index contributed by atoms with van der Waals surface area (Å²) in [5, 5.41) is 0. The average molecular weight is 307 g/mol. The molecule has 2 aromatic rings. The molecule has 0 aliphatic rings. The van der Waals surface area contributed by atoms with E-state index in [0.29, 0.717) is 17.1 Å². The molecule has 6 nitrogen and oxygen atoms in total. The highest BCUT2D eigenvalue weighted by atomic mass is 32.2. The maximum Gasteiger partial charge on any atom is 0.236 e. The Balaban J connectivity index is 1.90. The van der Waals surface area contributed by atoms with E-state index in [1.807, 2.05) is 0 Å². The van der Waals surface area contributed by atoms with Gasteiger partial charge >= 0.3 is 0 Å². The van der Waals surface area contributed by atoms with Crippen molar-refractivity contribution in [3.63, 3.8) is 0 Å². The summed E-state index contributed by atoms with van der Waals surface area (Å²) in [6.45, 7) is 1.84. The average Bonchev–Trinajstić information content (AvgIpc) is 2.38. The first-order valence-electron chi connectivity index (χ1n) is 6.36. The van der Waals surface area contributed by atoms with E-state index in [1.165, 1.54) is 0 Å². The normalized spacial score (nSPS) is 11.1. The van der Waals surface area contributed by atoms with Crippen molar-refractivity contribution in [2.45, 2.75) is 6.92 Å². The minimum atomic E-state index is -3.47. The second kappa shape index (κ2) is 6.45. The quantitative estimate of drug-likeness (QED) is 0.793. The van der Waals surface area contributed by atoms with Crippen LogP contribution in [0.2, 0.25) is 0 Å². The van der Waals surface area contributed by atoms with Crippen LogP contribution in [0.5, 0.6) is 5.75 Å². The smallest absolute Gasteiger partial charge is 0.236 e. The number of benzene rings is 1. The summed E-state index contributed by atoms with van der Waals surface area (Å²) in [5.41, 5.74) is 7.42. The number of anilines is 2. The van der Waals surface area contributed by atoms with Gasteiger partial charge in [0.05, 0.1) is 5.69 Å². The van der Waals surface area contributed by atoms with Crippen LogP contribution in [-0.2, 0) is 10.0 Å². The SMILES string of the molecule is Cc1cc(NS(=O)(=O)CCOc2cccc(N)c2)ccn1. The van der Waals surface area contributed by atoms with Gasteiger partial charge in [0.15, 0.2) is 0 Å². The zero-order chi connectivity index (χ0) is 15.3. The van der Waals surface area contributed by atoms with Crippen LogP contribution in [0.15, 0.2) is 42.6 Å². The van der Waals surface area contributed by atoms with E-state index in [-0.39, 0.29) is 12.4 Å². The van der Waals surface area contributed by atoms with Gasteiger partial charge in [-0.2, -0.15) is 0 Å². The first kappa shape index (κ1) is 15.1. The van der Waals surface area contributed by atoms with Crippen molar-refractivity contribution < 1.29 is 13.2 Å². The number of pyridine rings is 1. The van der Waals surface area contributed by atoms with Gasteiger partial charge in [0.1, 0.15) is 18.1 Å². The van der Waals surface area contributed by atoms with E-state index >= 15 is 0 Å². The zero-order valence-corrected chi connectivity index (χ0v) is 12.4. The van der Waals surface area contributed by atoms with Gasteiger partial charge in [0.2, 0.25) is 10.0 Å². The van der Waals surface area contributed by atoms with Gasteiger partial charge in [-0.3, -0.25) is 9.71 Å². The summed E-state index contributed by atoms with van der Waals surface area (Å²) >= 11 is 0. The Hall–Kier alpha value is -2.28. The second-order valence-corrected chi connectivity index (χ2v) is 6.37. The highest BCUT2D eigenvalue weighted by Crippen LogP contribution is 2.15. The van der Waals surface area contributed by atoms with Crippen molar-refractivity contribution in [2.24, 2.45) is 0 Å². The molecule has 0 fully saturated rings. The Morgan fingerprint density at radius 3 is 2.81 bits per heavy atom. The van der Waals surface area contributed by atoms with Crippen molar-refractivity contribution in [2.75, 3.05) is 22.8 Å². The Bertz CT molecular complexity index is 717. The molecule has 7 heteroatoms. The molecular formula is C14H17N3O3S. The molecule has 0 amide bonds. The number of rotatable bonds is 6. The third kappa shape index (κ3) is 4.96. The third-order valence-electron chi connectivity index (χ3n) is 2.65. The lowest BCUT2D eigenvalue weighted by atomic mass is 10.3. The highest BCUT2D eigenvalue weighted by Gasteiger charge is 2.11.